The first-order valence-electron chi connectivity index (χ1n) is 10.1. The molecule has 0 aromatic heterocycles. The molecule has 1 fully saturated rings. The first-order valence-corrected chi connectivity index (χ1v) is 10.1. The van der Waals surface area contributed by atoms with Crippen LogP contribution in [-0.4, -0.2) is 60.9 Å². The fourth-order valence-electron chi connectivity index (χ4n) is 4.05. The van der Waals surface area contributed by atoms with Crippen molar-refractivity contribution in [3.8, 4) is 6.07 Å². The van der Waals surface area contributed by atoms with Gasteiger partial charge in [-0.1, -0.05) is 18.2 Å². The number of amides is 2. The van der Waals surface area contributed by atoms with Crippen LogP contribution in [0.1, 0.15) is 39.1 Å². The topological polar surface area (TPSA) is 67.7 Å². The minimum atomic E-state index is -0.168. The number of nitrogens with zero attached hydrogens (tertiary/aromatic N) is 4. The normalized spacial score (nSPS) is 16.8. The van der Waals surface area contributed by atoms with Crippen LogP contribution in [0, 0.1) is 11.3 Å². The third kappa shape index (κ3) is 4.01. The number of unbranched alkanes of at least 4 members (excludes halogenated alkanes) is 1. The summed E-state index contributed by atoms with van der Waals surface area (Å²) in [4.78, 5) is 30.9. The second kappa shape index (κ2) is 8.46. The molecule has 0 bridgehead atoms. The lowest BCUT2D eigenvalue weighted by molar-refractivity contribution is 0.0650. The second-order valence-electron chi connectivity index (χ2n) is 7.51. The Morgan fingerprint density at radius 2 is 1.48 bits per heavy atom. The van der Waals surface area contributed by atoms with Gasteiger partial charge < -0.3 is 4.90 Å². The molecule has 0 radical (unpaired) electrons. The van der Waals surface area contributed by atoms with E-state index in [2.05, 4.69) is 21.9 Å². The van der Waals surface area contributed by atoms with Crippen LogP contribution in [-0.2, 0) is 0 Å². The van der Waals surface area contributed by atoms with Crippen LogP contribution < -0.4 is 4.90 Å². The summed E-state index contributed by atoms with van der Waals surface area (Å²) >= 11 is 0. The van der Waals surface area contributed by atoms with E-state index in [1.54, 1.807) is 24.3 Å². The van der Waals surface area contributed by atoms with E-state index in [1.807, 2.05) is 18.2 Å². The van der Waals surface area contributed by atoms with Crippen LogP contribution in [0.25, 0.3) is 0 Å². The number of hydrogen-bond acceptors (Lipinski definition) is 5. The molecular formula is C23H24N4O2. The zero-order valence-electron chi connectivity index (χ0n) is 16.4. The molecule has 4 rings (SSSR count). The van der Waals surface area contributed by atoms with Crippen molar-refractivity contribution in [2.75, 3.05) is 44.2 Å². The molecule has 2 amide bonds. The van der Waals surface area contributed by atoms with E-state index in [1.165, 1.54) is 4.90 Å². The lowest BCUT2D eigenvalue weighted by Crippen LogP contribution is -2.46. The average molecular weight is 388 g/mol. The zero-order valence-corrected chi connectivity index (χ0v) is 16.4. The second-order valence-corrected chi connectivity index (χ2v) is 7.51. The molecule has 2 aromatic rings. The summed E-state index contributed by atoms with van der Waals surface area (Å²) in [6, 6.07) is 17.0. The van der Waals surface area contributed by atoms with Gasteiger partial charge in [-0.2, -0.15) is 5.26 Å². The number of hydrogen-bond donors (Lipinski definition) is 0. The van der Waals surface area contributed by atoms with Crippen LogP contribution in [0.5, 0.6) is 0 Å². The Hall–Kier alpha value is -3.17. The third-order valence-electron chi connectivity index (χ3n) is 5.70. The van der Waals surface area contributed by atoms with Gasteiger partial charge in [0.2, 0.25) is 0 Å². The number of benzene rings is 2. The van der Waals surface area contributed by atoms with Gasteiger partial charge in [-0.05, 0) is 49.7 Å². The highest BCUT2D eigenvalue weighted by molar-refractivity contribution is 6.21. The van der Waals surface area contributed by atoms with E-state index in [0.29, 0.717) is 23.2 Å². The van der Waals surface area contributed by atoms with Gasteiger partial charge in [0.15, 0.2) is 0 Å². The summed E-state index contributed by atoms with van der Waals surface area (Å²) in [5, 5.41) is 9.06. The summed E-state index contributed by atoms with van der Waals surface area (Å²) in [7, 11) is 0. The fraction of sp³-hybridized carbons (Fsp3) is 0.348. The average Bonchev–Trinajstić information content (AvgIpc) is 3.02. The molecule has 2 heterocycles. The molecule has 0 saturated carbocycles. The van der Waals surface area contributed by atoms with Gasteiger partial charge in [0.1, 0.15) is 0 Å². The van der Waals surface area contributed by atoms with Crippen molar-refractivity contribution in [1.82, 2.24) is 9.80 Å². The van der Waals surface area contributed by atoms with Crippen molar-refractivity contribution in [1.29, 1.82) is 5.26 Å². The van der Waals surface area contributed by atoms with E-state index in [0.717, 1.165) is 51.3 Å². The van der Waals surface area contributed by atoms with Crippen molar-refractivity contribution < 1.29 is 9.59 Å². The Morgan fingerprint density at radius 3 is 2.14 bits per heavy atom. The Bertz CT molecular complexity index is 922. The minimum Gasteiger partial charge on any atom is -0.369 e. The van der Waals surface area contributed by atoms with Gasteiger partial charge in [-0.15, -0.1) is 0 Å². The van der Waals surface area contributed by atoms with Crippen molar-refractivity contribution in [2.24, 2.45) is 0 Å². The Labute approximate surface area is 170 Å². The Balaban J connectivity index is 1.20. The predicted octanol–water partition coefficient (Wildman–Crippen LogP) is 2.76. The van der Waals surface area contributed by atoms with Crippen LogP contribution in [0.2, 0.25) is 0 Å². The summed E-state index contributed by atoms with van der Waals surface area (Å²) in [5.41, 5.74) is 2.84. The van der Waals surface area contributed by atoms with E-state index in [4.69, 9.17) is 5.26 Å². The standard InChI is InChI=1S/C23H24N4O2/c24-17-18-6-5-7-19(16-18)26-14-12-25(13-15-26)10-3-4-11-27-22(28)20-8-1-2-9-21(20)23(27)29/h1-2,5-9,16H,3-4,10-15H2. The molecule has 6 nitrogen and oxygen atoms in total. The maximum absolute atomic E-state index is 12.4. The SMILES string of the molecule is N#Cc1cccc(N2CCN(CCCCN3C(=O)c4ccccc4C3=O)CC2)c1. The first-order chi connectivity index (χ1) is 14.2. The summed E-state index contributed by atoms with van der Waals surface area (Å²) in [6.45, 7) is 5.27. The molecular weight excluding hydrogens is 364 g/mol. The zero-order chi connectivity index (χ0) is 20.2. The van der Waals surface area contributed by atoms with Crippen LogP contribution in [0.4, 0.5) is 5.69 Å². The molecule has 0 spiro atoms. The number of anilines is 1. The molecule has 29 heavy (non-hydrogen) atoms. The Kier molecular flexibility index (Phi) is 5.59. The highest BCUT2D eigenvalue weighted by Crippen LogP contribution is 2.23. The lowest BCUT2D eigenvalue weighted by atomic mass is 10.1. The van der Waals surface area contributed by atoms with E-state index >= 15 is 0 Å². The number of rotatable bonds is 6. The van der Waals surface area contributed by atoms with Gasteiger partial charge in [0.25, 0.3) is 11.8 Å². The largest absolute Gasteiger partial charge is 0.369 e. The van der Waals surface area contributed by atoms with E-state index < -0.39 is 0 Å². The van der Waals surface area contributed by atoms with Crippen molar-refractivity contribution in [2.45, 2.75) is 12.8 Å². The van der Waals surface area contributed by atoms with Gasteiger partial charge in [-0.25, -0.2) is 0 Å². The van der Waals surface area contributed by atoms with Crippen molar-refractivity contribution in [3.63, 3.8) is 0 Å². The van der Waals surface area contributed by atoms with Crippen molar-refractivity contribution in [3.05, 3.63) is 65.2 Å². The predicted molar refractivity (Wildman–Crippen MR) is 111 cm³/mol. The van der Waals surface area contributed by atoms with Gasteiger partial charge in [0.05, 0.1) is 22.8 Å². The number of fused-ring (bicyclic) bond motifs is 1. The molecule has 0 atom stereocenters. The number of carbonyl (C=O) groups excluding carboxylic acids is 2. The smallest absolute Gasteiger partial charge is 0.261 e. The van der Waals surface area contributed by atoms with Crippen LogP contribution in [0.15, 0.2) is 48.5 Å². The molecule has 2 aliphatic rings. The van der Waals surface area contributed by atoms with E-state index in [9.17, 15) is 9.59 Å². The summed E-state index contributed by atoms with van der Waals surface area (Å²) < 4.78 is 0. The molecule has 6 heteroatoms. The van der Waals surface area contributed by atoms with E-state index in [-0.39, 0.29) is 11.8 Å². The minimum absolute atomic E-state index is 0.168. The summed E-state index contributed by atoms with van der Waals surface area (Å²) in [6.07, 6.45) is 1.77. The maximum atomic E-state index is 12.4. The summed E-state index contributed by atoms with van der Waals surface area (Å²) in [5.74, 6) is -0.336. The van der Waals surface area contributed by atoms with Crippen molar-refractivity contribution >= 4 is 17.5 Å². The molecule has 0 unspecified atom stereocenters. The molecule has 0 N–H and O–H groups in total. The molecule has 0 aliphatic carbocycles. The van der Waals surface area contributed by atoms with Crippen LogP contribution in [0.3, 0.4) is 0 Å². The molecule has 1 saturated heterocycles. The highest BCUT2D eigenvalue weighted by Gasteiger charge is 2.34. The van der Waals surface area contributed by atoms with Gasteiger partial charge in [0, 0.05) is 38.4 Å². The van der Waals surface area contributed by atoms with Gasteiger partial charge >= 0.3 is 0 Å². The number of nitriles is 1. The fourth-order valence-corrected chi connectivity index (χ4v) is 4.05. The Morgan fingerprint density at radius 1 is 0.828 bits per heavy atom. The quantitative estimate of drug-likeness (QED) is 0.562. The number of carbonyl (C=O) groups is 2. The van der Waals surface area contributed by atoms with Gasteiger partial charge in [-0.3, -0.25) is 19.4 Å². The third-order valence-corrected chi connectivity index (χ3v) is 5.70. The molecule has 2 aromatic carbocycles. The molecule has 2 aliphatic heterocycles. The monoisotopic (exact) mass is 388 g/mol. The lowest BCUT2D eigenvalue weighted by Gasteiger charge is -2.36. The highest BCUT2D eigenvalue weighted by atomic mass is 16.2. The first kappa shape index (κ1) is 19.2. The molecule has 148 valence electrons. The number of imide groups is 1. The number of piperazine rings is 1. The maximum Gasteiger partial charge on any atom is 0.261 e. The van der Waals surface area contributed by atoms with Crippen LogP contribution >= 0.6 is 0 Å².